The standard InChI is InChI=1S/C5H10O3.C4H6O2/c1-3-4(8-2)5(6)7;1-3(2)4(5)6/h4H,3H2,1-2H3,(H,6,7);1H2,2H3,(H,5,6). The predicted molar refractivity (Wildman–Crippen MR) is 51.2 cm³/mol. The molecule has 1 unspecified atom stereocenters. The lowest BCUT2D eigenvalue weighted by atomic mass is 10.3. The van der Waals surface area contributed by atoms with Crippen LogP contribution in [0.1, 0.15) is 20.3 Å². The van der Waals surface area contributed by atoms with Gasteiger partial charge in [0.05, 0.1) is 0 Å². The first-order valence-electron chi connectivity index (χ1n) is 4.01. The van der Waals surface area contributed by atoms with Gasteiger partial charge in [0, 0.05) is 12.7 Å². The second-order valence-electron chi connectivity index (χ2n) is 2.56. The fraction of sp³-hybridized carbons (Fsp3) is 0.556. The second-order valence-corrected chi connectivity index (χ2v) is 2.56. The van der Waals surface area contributed by atoms with E-state index in [4.69, 9.17) is 10.2 Å². The molecule has 0 saturated heterocycles. The number of aliphatic carboxylic acids is 2. The van der Waals surface area contributed by atoms with Crippen molar-refractivity contribution in [3.8, 4) is 0 Å². The van der Waals surface area contributed by atoms with E-state index in [1.165, 1.54) is 14.0 Å². The molecule has 5 heteroatoms. The molecule has 0 spiro atoms. The summed E-state index contributed by atoms with van der Waals surface area (Å²) in [5, 5.41) is 16.1. The lowest BCUT2D eigenvalue weighted by Gasteiger charge is -2.04. The summed E-state index contributed by atoms with van der Waals surface area (Å²) in [6, 6.07) is 0. The van der Waals surface area contributed by atoms with Crippen molar-refractivity contribution in [1.29, 1.82) is 0 Å². The van der Waals surface area contributed by atoms with Gasteiger partial charge in [0.1, 0.15) is 0 Å². The van der Waals surface area contributed by atoms with Crippen LogP contribution in [0.2, 0.25) is 0 Å². The van der Waals surface area contributed by atoms with Crippen LogP contribution in [0.5, 0.6) is 0 Å². The maximum atomic E-state index is 10.0. The first-order valence-corrected chi connectivity index (χ1v) is 4.01. The van der Waals surface area contributed by atoms with Crippen molar-refractivity contribution in [3.63, 3.8) is 0 Å². The Morgan fingerprint density at radius 3 is 1.79 bits per heavy atom. The van der Waals surface area contributed by atoms with Crippen LogP contribution >= 0.6 is 0 Å². The fourth-order valence-corrected chi connectivity index (χ4v) is 0.442. The van der Waals surface area contributed by atoms with Gasteiger partial charge >= 0.3 is 11.9 Å². The maximum Gasteiger partial charge on any atom is 0.332 e. The highest BCUT2D eigenvalue weighted by Gasteiger charge is 2.11. The van der Waals surface area contributed by atoms with Gasteiger partial charge in [-0.25, -0.2) is 9.59 Å². The van der Waals surface area contributed by atoms with Crippen LogP contribution in [0.25, 0.3) is 0 Å². The molecule has 0 aliphatic carbocycles. The fourth-order valence-electron chi connectivity index (χ4n) is 0.442. The molecule has 0 amide bonds. The monoisotopic (exact) mass is 204 g/mol. The highest BCUT2D eigenvalue weighted by atomic mass is 16.5. The predicted octanol–water partition coefficient (Wildman–Crippen LogP) is 1.14. The van der Waals surface area contributed by atoms with Gasteiger partial charge in [-0.15, -0.1) is 0 Å². The number of carboxylic acid groups (broad SMARTS) is 2. The van der Waals surface area contributed by atoms with E-state index in [-0.39, 0.29) is 5.57 Å². The second kappa shape index (κ2) is 8.25. The lowest BCUT2D eigenvalue weighted by Crippen LogP contribution is -2.20. The average molecular weight is 204 g/mol. The summed E-state index contributed by atoms with van der Waals surface area (Å²) < 4.78 is 4.56. The largest absolute Gasteiger partial charge is 0.479 e. The van der Waals surface area contributed by atoms with Gasteiger partial charge in [-0.3, -0.25) is 0 Å². The average Bonchev–Trinajstić information content (AvgIpc) is 2.06. The summed E-state index contributed by atoms with van der Waals surface area (Å²) in [6.07, 6.45) is -0.110. The highest BCUT2D eigenvalue weighted by Crippen LogP contribution is 1.93. The van der Waals surface area contributed by atoms with E-state index in [0.717, 1.165) is 0 Å². The molecule has 14 heavy (non-hydrogen) atoms. The molecule has 82 valence electrons. The van der Waals surface area contributed by atoms with Crippen molar-refractivity contribution in [2.24, 2.45) is 0 Å². The van der Waals surface area contributed by atoms with Gasteiger partial charge in [0.25, 0.3) is 0 Å². The minimum Gasteiger partial charge on any atom is -0.479 e. The molecule has 0 bridgehead atoms. The molecule has 0 aromatic carbocycles. The van der Waals surface area contributed by atoms with E-state index in [1.807, 2.05) is 0 Å². The van der Waals surface area contributed by atoms with Crippen LogP contribution in [0, 0.1) is 0 Å². The summed E-state index contributed by atoms with van der Waals surface area (Å²) >= 11 is 0. The van der Waals surface area contributed by atoms with Crippen LogP contribution in [-0.2, 0) is 14.3 Å². The topological polar surface area (TPSA) is 83.8 Å². The Bertz CT molecular complexity index is 193. The zero-order valence-electron chi connectivity index (χ0n) is 8.61. The van der Waals surface area contributed by atoms with Crippen molar-refractivity contribution >= 4 is 11.9 Å². The Balaban J connectivity index is 0. The van der Waals surface area contributed by atoms with Crippen molar-refractivity contribution in [2.45, 2.75) is 26.4 Å². The van der Waals surface area contributed by atoms with Crippen LogP contribution in [0.15, 0.2) is 12.2 Å². The minimum absolute atomic E-state index is 0.176. The summed E-state index contributed by atoms with van der Waals surface area (Å²) in [4.78, 5) is 19.6. The molecule has 0 heterocycles. The third kappa shape index (κ3) is 8.73. The summed E-state index contributed by atoms with van der Waals surface area (Å²) in [5.41, 5.74) is 0.176. The molecule has 0 aliphatic heterocycles. The molecular formula is C9H16O5. The third-order valence-corrected chi connectivity index (χ3v) is 1.30. The van der Waals surface area contributed by atoms with Crippen molar-refractivity contribution < 1.29 is 24.5 Å². The minimum atomic E-state index is -0.935. The van der Waals surface area contributed by atoms with E-state index in [2.05, 4.69) is 11.3 Å². The Morgan fingerprint density at radius 1 is 1.43 bits per heavy atom. The SMILES string of the molecule is C=C(C)C(=O)O.CCC(OC)C(=O)O. The number of hydrogen-bond donors (Lipinski definition) is 2. The smallest absolute Gasteiger partial charge is 0.332 e. The van der Waals surface area contributed by atoms with Crippen molar-refractivity contribution in [1.82, 2.24) is 0 Å². The number of hydrogen-bond acceptors (Lipinski definition) is 3. The van der Waals surface area contributed by atoms with E-state index in [1.54, 1.807) is 6.92 Å². The molecule has 0 aromatic rings. The summed E-state index contributed by atoms with van der Waals surface area (Å²) in [7, 11) is 1.39. The van der Waals surface area contributed by atoms with Gasteiger partial charge < -0.3 is 14.9 Å². The van der Waals surface area contributed by atoms with Crippen LogP contribution in [-0.4, -0.2) is 35.4 Å². The maximum absolute atomic E-state index is 10.0. The number of carbonyl (C=O) groups is 2. The van der Waals surface area contributed by atoms with Crippen LogP contribution in [0.3, 0.4) is 0 Å². The van der Waals surface area contributed by atoms with Crippen molar-refractivity contribution in [2.75, 3.05) is 7.11 Å². The Kier molecular flexibility index (Phi) is 8.91. The van der Waals surface area contributed by atoms with Crippen molar-refractivity contribution in [3.05, 3.63) is 12.2 Å². The molecule has 0 rings (SSSR count). The van der Waals surface area contributed by atoms with E-state index in [0.29, 0.717) is 6.42 Å². The number of ether oxygens (including phenoxy) is 1. The van der Waals surface area contributed by atoms with E-state index < -0.39 is 18.0 Å². The Morgan fingerprint density at radius 2 is 1.79 bits per heavy atom. The zero-order chi connectivity index (χ0) is 11.7. The molecule has 5 nitrogen and oxygen atoms in total. The van der Waals surface area contributed by atoms with Gasteiger partial charge in [-0.05, 0) is 13.3 Å². The molecule has 1 atom stereocenters. The molecule has 0 radical (unpaired) electrons. The zero-order valence-corrected chi connectivity index (χ0v) is 8.61. The Labute approximate surface area is 83.0 Å². The van der Waals surface area contributed by atoms with Gasteiger partial charge in [-0.1, -0.05) is 13.5 Å². The summed E-state index contributed by atoms with van der Waals surface area (Å²) in [6.45, 7) is 6.37. The summed E-state index contributed by atoms with van der Waals surface area (Å²) in [5.74, 6) is -1.83. The first kappa shape index (κ1) is 15.1. The molecule has 0 aromatic heterocycles. The normalized spacial score (nSPS) is 10.8. The molecular weight excluding hydrogens is 188 g/mol. The molecule has 0 aliphatic rings. The lowest BCUT2D eigenvalue weighted by molar-refractivity contribution is -0.148. The van der Waals surface area contributed by atoms with E-state index in [9.17, 15) is 9.59 Å². The third-order valence-electron chi connectivity index (χ3n) is 1.30. The first-order chi connectivity index (χ1) is 6.36. The number of rotatable bonds is 4. The van der Waals surface area contributed by atoms with Gasteiger partial charge in [0.15, 0.2) is 6.10 Å². The highest BCUT2D eigenvalue weighted by molar-refractivity contribution is 5.84. The van der Waals surface area contributed by atoms with Gasteiger partial charge in [0.2, 0.25) is 0 Å². The molecule has 0 saturated carbocycles. The molecule has 0 fully saturated rings. The quantitative estimate of drug-likeness (QED) is 0.671. The van der Waals surface area contributed by atoms with Gasteiger partial charge in [-0.2, -0.15) is 0 Å². The Hall–Kier alpha value is -1.36. The molecule has 2 N–H and O–H groups in total. The van der Waals surface area contributed by atoms with E-state index >= 15 is 0 Å². The van der Waals surface area contributed by atoms with Crippen LogP contribution in [0.4, 0.5) is 0 Å². The number of methoxy groups -OCH3 is 1. The number of carboxylic acids is 2. The van der Waals surface area contributed by atoms with Crippen LogP contribution < -0.4 is 0 Å².